The number of nitrogens with two attached hydrogens (primary N) is 1. The molecule has 0 unspecified atom stereocenters. The van der Waals surface area contributed by atoms with E-state index in [1.807, 2.05) is 0 Å². The first-order valence-electron chi connectivity index (χ1n) is 4.63. The van der Waals surface area contributed by atoms with Gasteiger partial charge < -0.3 is 30.6 Å². The number of hydrogen-bond acceptors (Lipinski definition) is 5. The minimum atomic E-state index is -4.89. The van der Waals surface area contributed by atoms with E-state index in [9.17, 15) is 9.90 Å². The predicted octanol–water partition coefficient (Wildman–Crippen LogP) is -4.21. The molecule has 1 aromatic carbocycles. The average Bonchev–Trinajstić information content (AvgIpc) is 2.18. The van der Waals surface area contributed by atoms with Crippen LogP contribution in [-0.2, 0) is 15.8 Å². The zero-order valence-corrected chi connectivity index (χ0v) is 13.0. The maximum atomic E-state index is 10.4. The summed E-state index contributed by atoms with van der Waals surface area (Å²) >= 11 is 0. The second-order valence-electron chi connectivity index (χ2n) is 3.27. The third kappa shape index (κ3) is 12.3. The van der Waals surface area contributed by atoms with E-state index < -0.39 is 19.8 Å². The van der Waals surface area contributed by atoms with E-state index in [0.717, 1.165) is 0 Å². The molecule has 0 aliphatic heterocycles. The predicted molar refractivity (Wildman–Crippen MR) is 59.5 cm³/mol. The number of hydrogen-bond donors (Lipinski definition) is 5. The molecule has 1 rings (SSSR count). The number of para-hydroxylation sites is 1. The summed E-state index contributed by atoms with van der Waals surface area (Å²) in [6.45, 7) is 0. The number of benzene rings is 1. The molecule has 0 radical (unpaired) electrons. The van der Waals surface area contributed by atoms with Crippen LogP contribution in [0.1, 0.15) is 5.56 Å². The topological polar surface area (TPSA) is 164 Å². The van der Waals surface area contributed by atoms with Crippen molar-refractivity contribution in [1.29, 1.82) is 0 Å². The molecule has 0 fully saturated rings. The van der Waals surface area contributed by atoms with Crippen molar-refractivity contribution < 1.29 is 63.8 Å². The van der Waals surface area contributed by atoms with Crippen LogP contribution < -0.4 is 40.2 Å². The molecule has 1 aromatic rings. The molecular formula is C9H13NNaO7P. The van der Waals surface area contributed by atoms with Crippen molar-refractivity contribution in [3.05, 3.63) is 29.8 Å². The van der Waals surface area contributed by atoms with Crippen LogP contribution in [0.25, 0.3) is 0 Å². The minimum absolute atomic E-state index is 0. The zero-order chi connectivity index (χ0) is 14.3. The Balaban J connectivity index is 0. The van der Waals surface area contributed by atoms with Crippen LogP contribution in [0.2, 0.25) is 0 Å². The van der Waals surface area contributed by atoms with E-state index in [-0.39, 0.29) is 41.7 Å². The van der Waals surface area contributed by atoms with Crippen molar-refractivity contribution in [2.45, 2.75) is 12.5 Å². The average molecular weight is 301 g/mol. The summed E-state index contributed by atoms with van der Waals surface area (Å²) in [5, 5.41) is 17.8. The van der Waals surface area contributed by atoms with Gasteiger partial charge in [0.05, 0.1) is 0 Å². The Morgan fingerprint density at radius 3 is 2.16 bits per heavy atom. The van der Waals surface area contributed by atoms with Crippen molar-refractivity contribution in [2.24, 2.45) is 5.73 Å². The molecule has 10 heteroatoms. The molecule has 19 heavy (non-hydrogen) atoms. The number of rotatable bonds is 3. The molecule has 0 heterocycles. The van der Waals surface area contributed by atoms with Gasteiger partial charge in [0.25, 0.3) is 7.82 Å². The summed E-state index contributed by atoms with van der Waals surface area (Å²) in [4.78, 5) is 33.3. The number of carboxylic acids is 1. The van der Waals surface area contributed by atoms with Crippen LogP contribution >= 0.6 is 7.82 Å². The van der Waals surface area contributed by atoms with Crippen molar-refractivity contribution in [3.8, 4) is 5.75 Å². The Kier molecular flexibility index (Phi) is 10.4. The molecule has 102 valence electrons. The first-order valence-corrected chi connectivity index (χ1v) is 6.16. The van der Waals surface area contributed by atoms with Gasteiger partial charge in [-0.25, -0.2) is 0 Å². The van der Waals surface area contributed by atoms with E-state index in [1.54, 1.807) is 18.2 Å². The zero-order valence-electron chi connectivity index (χ0n) is 10.1. The normalized spacial score (nSPS) is 11.6. The minimum Gasteiger partial charge on any atom is -0.756 e. The van der Waals surface area contributed by atoms with E-state index >= 15 is 0 Å². The van der Waals surface area contributed by atoms with Crippen LogP contribution in [0.5, 0.6) is 5.75 Å². The van der Waals surface area contributed by atoms with Crippen LogP contribution in [0.3, 0.4) is 0 Å². The first-order chi connectivity index (χ1) is 8.11. The summed E-state index contributed by atoms with van der Waals surface area (Å²) in [5.74, 6) is -0.984. The molecule has 1 atom stereocenters. The van der Waals surface area contributed by atoms with Gasteiger partial charge in [-0.2, -0.15) is 0 Å². The van der Waals surface area contributed by atoms with Gasteiger partial charge in [0.2, 0.25) is 0 Å². The number of aromatic hydroxyl groups is 1. The number of carboxylic acid groups (broad SMARTS) is 1. The van der Waals surface area contributed by atoms with Gasteiger partial charge >= 0.3 is 35.5 Å². The van der Waals surface area contributed by atoms with Crippen LogP contribution in [-0.4, -0.2) is 32.0 Å². The molecule has 8 nitrogen and oxygen atoms in total. The molecule has 0 saturated carbocycles. The van der Waals surface area contributed by atoms with Crippen molar-refractivity contribution >= 4 is 13.8 Å². The molecule has 0 aliphatic rings. The molecule has 0 bridgehead atoms. The molecule has 0 amide bonds. The van der Waals surface area contributed by atoms with E-state index in [0.29, 0.717) is 5.56 Å². The van der Waals surface area contributed by atoms with Crippen LogP contribution in [0, 0.1) is 0 Å². The number of carbonyl (C=O) groups is 1. The standard InChI is InChI=1S/C9H11NO3.Na.H3O4P/c10-7(9(12)13)5-6-3-1-2-4-8(6)11;;1-5(2,3)4/h1-4,7,11H,5,10H2,(H,12,13);;(H3,1,2,3,4)/q;+1;/p-1/t7-;;/m0../s1. The van der Waals surface area contributed by atoms with Crippen molar-refractivity contribution in [1.82, 2.24) is 0 Å². The van der Waals surface area contributed by atoms with Crippen LogP contribution in [0.15, 0.2) is 24.3 Å². The van der Waals surface area contributed by atoms with E-state index in [4.69, 9.17) is 30.1 Å². The smallest absolute Gasteiger partial charge is 0.756 e. The Hall–Kier alpha value is -0.440. The summed E-state index contributed by atoms with van der Waals surface area (Å²) in [5.41, 5.74) is 5.86. The molecular weight excluding hydrogens is 288 g/mol. The van der Waals surface area contributed by atoms with Gasteiger partial charge in [0.1, 0.15) is 11.8 Å². The third-order valence-electron chi connectivity index (χ3n) is 1.75. The van der Waals surface area contributed by atoms with Gasteiger partial charge in [-0.3, -0.25) is 9.36 Å². The van der Waals surface area contributed by atoms with E-state index in [2.05, 4.69) is 0 Å². The van der Waals surface area contributed by atoms with Gasteiger partial charge in [-0.05, 0) is 11.6 Å². The monoisotopic (exact) mass is 301 g/mol. The Labute approximate surface area is 131 Å². The summed E-state index contributed by atoms with van der Waals surface area (Å²) in [6.07, 6.45) is 0.141. The fourth-order valence-electron chi connectivity index (χ4n) is 1.01. The molecule has 6 N–H and O–H groups in total. The number of aliphatic carboxylic acids is 1. The third-order valence-corrected chi connectivity index (χ3v) is 1.75. The molecule has 0 spiro atoms. The summed E-state index contributed by atoms with van der Waals surface area (Å²) < 4.78 is 8.77. The van der Waals surface area contributed by atoms with Gasteiger partial charge in [0.15, 0.2) is 0 Å². The Morgan fingerprint density at radius 1 is 1.37 bits per heavy atom. The maximum absolute atomic E-state index is 10.4. The van der Waals surface area contributed by atoms with E-state index in [1.165, 1.54) is 6.07 Å². The van der Waals surface area contributed by atoms with Crippen molar-refractivity contribution in [2.75, 3.05) is 0 Å². The summed E-state index contributed by atoms with van der Waals surface area (Å²) in [6, 6.07) is 5.59. The van der Waals surface area contributed by atoms with Gasteiger partial charge in [-0.1, -0.05) is 18.2 Å². The van der Waals surface area contributed by atoms with Gasteiger partial charge in [0, 0.05) is 6.42 Å². The molecule has 0 aromatic heterocycles. The quantitative estimate of drug-likeness (QED) is 0.277. The Morgan fingerprint density at radius 2 is 1.79 bits per heavy atom. The second-order valence-corrected chi connectivity index (χ2v) is 4.25. The fourth-order valence-corrected chi connectivity index (χ4v) is 1.01. The SMILES string of the molecule is N[C@@H](Cc1ccccc1O)C(=O)O.O=P([O-])(O)O.[Na+]. The molecule has 0 aliphatic carbocycles. The molecule has 0 saturated heterocycles. The summed E-state index contributed by atoms with van der Waals surface area (Å²) in [7, 11) is -4.89. The second kappa shape index (κ2) is 9.46. The first kappa shape index (κ1) is 20.9. The van der Waals surface area contributed by atoms with Crippen molar-refractivity contribution in [3.63, 3.8) is 0 Å². The fraction of sp³-hybridized carbons (Fsp3) is 0.222. The number of phenolic OH excluding ortho intramolecular Hbond substituents is 1. The number of phenols is 1. The number of phosphoric acid groups is 1. The van der Waals surface area contributed by atoms with Gasteiger partial charge in [-0.15, -0.1) is 0 Å². The van der Waals surface area contributed by atoms with Crippen LogP contribution in [0.4, 0.5) is 0 Å². The largest absolute Gasteiger partial charge is 1.00 e. The Bertz CT molecular complexity index is 442. The maximum Gasteiger partial charge on any atom is 1.00 e.